The summed E-state index contributed by atoms with van der Waals surface area (Å²) in [7, 11) is -3.81. The maximum Gasteiger partial charge on any atom is 0.325 e. The van der Waals surface area contributed by atoms with Crippen molar-refractivity contribution in [1.29, 1.82) is 5.26 Å². The number of nitrogens with zero attached hydrogens (tertiary/aromatic N) is 1. The Labute approximate surface area is 179 Å². The summed E-state index contributed by atoms with van der Waals surface area (Å²) in [6, 6.07) is 17.7. The average molecular weight is 429 g/mol. The number of ether oxygens (including phenoxy) is 1. The van der Waals surface area contributed by atoms with Crippen LogP contribution in [0.15, 0.2) is 48.5 Å². The molecule has 0 aromatic heterocycles. The Morgan fingerprint density at radius 3 is 1.70 bits per heavy atom. The molecular weight excluding hydrogens is 397 g/mol. The average Bonchev–Trinajstić information content (AvgIpc) is 2.74. The van der Waals surface area contributed by atoms with Gasteiger partial charge in [-0.3, -0.25) is 4.57 Å². The van der Waals surface area contributed by atoms with Gasteiger partial charge in [-0.15, -0.1) is 0 Å². The molecule has 2 aromatic rings. The van der Waals surface area contributed by atoms with E-state index in [-0.39, 0.29) is 6.16 Å². The van der Waals surface area contributed by atoms with Gasteiger partial charge < -0.3 is 14.5 Å². The van der Waals surface area contributed by atoms with Gasteiger partial charge in [0, 0.05) is 6.16 Å². The second-order valence-electron chi connectivity index (χ2n) is 7.63. The molecule has 0 fully saturated rings. The fourth-order valence-electron chi connectivity index (χ4n) is 3.33. The van der Waals surface area contributed by atoms with Gasteiger partial charge in [0.05, 0.1) is 18.2 Å². The number of hydrogen-bond acceptors (Lipinski definition) is 3. The van der Waals surface area contributed by atoms with Gasteiger partial charge in [-0.2, -0.15) is 5.26 Å². The third-order valence-electron chi connectivity index (χ3n) is 5.06. The minimum absolute atomic E-state index is 0.0190. The van der Waals surface area contributed by atoms with E-state index in [1.54, 1.807) is 0 Å². The number of nitriles is 1. The zero-order valence-corrected chi connectivity index (χ0v) is 18.4. The molecule has 0 aliphatic heterocycles. The lowest BCUT2D eigenvalue weighted by molar-refractivity contribution is 0.304. The molecule has 30 heavy (non-hydrogen) atoms. The van der Waals surface area contributed by atoms with Crippen LogP contribution in [0.25, 0.3) is 11.1 Å². The molecule has 162 valence electrons. The van der Waals surface area contributed by atoms with Crippen molar-refractivity contribution in [3.63, 3.8) is 0 Å². The summed E-state index contributed by atoms with van der Waals surface area (Å²) in [4.78, 5) is 17.6. The highest BCUT2D eigenvalue weighted by molar-refractivity contribution is 7.51. The normalized spacial score (nSPS) is 11.2. The minimum atomic E-state index is -3.81. The zero-order chi connectivity index (χ0) is 21.7. The molecule has 0 heterocycles. The molecular formula is C24H32NO4P. The van der Waals surface area contributed by atoms with Crippen LogP contribution in [0.3, 0.4) is 0 Å². The summed E-state index contributed by atoms with van der Waals surface area (Å²) in [5.41, 5.74) is 2.85. The van der Waals surface area contributed by atoms with Gasteiger partial charge in [0.25, 0.3) is 0 Å². The molecule has 0 spiro atoms. The fourth-order valence-corrected chi connectivity index (χ4v) is 3.96. The van der Waals surface area contributed by atoms with E-state index in [9.17, 15) is 4.57 Å². The molecule has 6 heteroatoms. The summed E-state index contributed by atoms with van der Waals surface area (Å²) in [5.74, 6) is 0.878. The fraction of sp³-hybridized carbons (Fsp3) is 0.458. The van der Waals surface area contributed by atoms with Gasteiger partial charge in [-0.05, 0) is 48.2 Å². The SMILES string of the molecule is N#Cc1ccc(-c2ccc(OCCCCCCCCCCCP(=O)(O)O)cc2)cc1. The molecule has 0 unspecified atom stereocenters. The zero-order valence-electron chi connectivity index (χ0n) is 17.5. The predicted molar refractivity (Wildman–Crippen MR) is 121 cm³/mol. The van der Waals surface area contributed by atoms with Gasteiger partial charge in [0.15, 0.2) is 0 Å². The standard InChI is InChI=1S/C24H32NO4P/c25-20-21-10-12-22(13-11-21)23-14-16-24(17-15-23)29-18-8-6-4-2-1-3-5-7-9-19-30(26,27)28/h10-17H,1-9,18-19H2,(H2,26,27,28). The Kier molecular flexibility index (Phi) is 10.7. The molecule has 2 N–H and O–H groups in total. The largest absolute Gasteiger partial charge is 0.494 e. The number of benzene rings is 2. The van der Waals surface area contributed by atoms with Crippen LogP contribution in [0.1, 0.15) is 63.4 Å². The highest BCUT2D eigenvalue weighted by Crippen LogP contribution is 2.35. The van der Waals surface area contributed by atoms with E-state index in [0.717, 1.165) is 55.6 Å². The van der Waals surface area contributed by atoms with E-state index in [2.05, 4.69) is 6.07 Å². The minimum Gasteiger partial charge on any atom is -0.494 e. The van der Waals surface area contributed by atoms with Crippen LogP contribution in [0.5, 0.6) is 5.75 Å². The van der Waals surface area contributed by atoms with Crippen molar-refractivity contribution in [2.45, 2.75) is 57.8 Å². The molecule has 0 atom stereocenters. The number of unbranched alkanes of at least 4 members (excludes halogenated alkanes) is 8. The van der Waals surface area contributed by atoms with E-state index in [4.69, 9.17) is 19.8 Å². The van der Waals surface area contributed by atoms with Crippen LogP contribution in [0, 0.1) is 11.3 Å². The predicted octanol–water partition coefficient (Wildman–Crippen LogP) is 6.29. The summed E-state index contributed by atoms with van der Waals surface area (Å²) in [6.45, 7) is 0.721. The Hall–Kier alpha value is -2.12. The second kappa shape index (κ2) is 13.2. The molecule has 0 saturated carbocycles. The van der Waals surface area contributed by atoms with Crippen molar-refractivity contribution in [2.75, 3.05) is 12.8 Å². The quantitative estimate of drug-likeness (QED) is 0.272. The third-order valence-corrected chi connectivity index (χ3v) is 5.96. The van der Waals surface area contributed by atoms with Crippen molar-refractivity contribution < 1.29 is 19.1 Å². The van der Waals surface area contributed by atoms with Crippen LogP contribution in [-0.2, 0) is 4.57 Å². The summed E-state index contributed by atoms with van der Waals surface area (Å²) < 4.78 is 16.6. The molecule has 5 nitrogen and oxygen atoms in total. The second-order valence-corrected chi connectivity index (χ2v) is 9.41. The van der Waals surface area contributed by atoms with Crippen molar-refractivity contribution >= 4 is 7.60 Å². The first kappa shape index (κ1) is 24.2. The van der Waals surface area contributed by atoms with Crippen LogP contribution in [0.2, 0.25) is 0 Å². The van der Waals surface area contributed by atoms with Gasteiger partial charge in [0.1, 0.15) is 5.75 Å². The van der Waals surface area contributed by atoms with Crippen molar-refractivity contribution in [1.82, 2.24) is 0 Å². The van der Waals surface area contributed by atoms with Crippen molar-refractivity contribution in [3.05, 3.63) is 54.1 Å². The van der Waals surface area contributed by atoms with Crippen molar-refractivity contribution in [3.8, 4) is 22.9 Å². The first-order valence-corrected chi connectivity index (χ1v) is 12.6. The van der Waals surface area contributed by atoms with Crippen LogP contribution < -0.4 is 4.74 Å². The van der Waals surface area contributed by atoms with Crippen LogP contribution >= 0.6 is 7.60 Å². The van der Waals surface area contributed by atoms with E-state index in [1.807, 2.05) is 48.5 Å². The molecule has 2 rings (SSSR count). The number of rotatable bonds is 14. The monoisotopic (exact) mass is 429 g/mol. The lowest BCUT2D eigenvalue weighted by Crippen LogP contribution is -1.97. The first-order valence-electron chi connectivity index (χ1n) is 10.8. The van der Waals surface area contributed by atoms with E-state index < -0.39 is 7.60 Å². The highest BCUT2D eigenvalue weighted by Gasteiger charge is 2.10. The number of hydrogen-bond donors (Lipinski definition) is 2. The maximum atomic E-state index is 10.8. The highest BCUT2D eigenvalue weighted by atomic mass is 31.2. The summed E-state index contributed by atoms with van der Waals surface area (Å²) >= 11 is 0. The van der Waals surface area contributed by atoms with Gasteiger partial charge in [0.2, 0.25) is 0 Å². The lowest BCUT2D eigenvalue weighted by Gasteiger charge is -2.08. The topological polar surface area (TPSA) is 90.5 Å². The van der Waals surface area contributed by atoms with Crippen LogP contribution in [-0.4, -0.2) is 22.6 Å². The van der Waals surface area contributed by atoms with Gasteiger partial charge in [-0.1, -0.05) is 69.2 Å². The molecule has 0 amide bonds. The molecule has 0 saturated heterocycles. The molecule has 0 bridgehead atoms. The van der Waals surface area contributed by atoms with Crippen molar-refractivity contribution in [2.24, 2.45) is 0 Å². The van der Waals surface area contributed by atoms with E-state index >= 15 is 0 Å². The van der Waals surface area contributed by atoms with Gasteiger partial charge in [-0.25, -0.2) is 0 Å². The summed E-state index contributed by atoms with van der Waals surface area (Å²) in [5, 5.41) is 8.87. The molecule has 0 radical (unpaired) electrons. The first-order chi connectivity index (χ1) is 14.5. The summed E-state index contributed by atoms with van der Waals surface area (Å²) in [6.07, 6.45) is 9.53. The molecule has 2 aromatic carbocycles. The Morgan fingerprint density at radius 2 is 1.20 bits per heavy atom. The molecule has 0 aliphatic rings. The smallest absolute Gasteiger partial charge is 0.325 e. The van der Waals surface area contributed by atoms with E-state index in [0.29, 0.717) is 12.0 Å². The van der Waals surface area contributed by atoms with E-state index in [1.165, 1.54) is 19.3 Å². The molecule has 0 aliphatic carbocycles. The Bertz CT molecular complexity index is 822. The Morgan fingerprint density at radius 1 is 0.733 bits per heavy atom. The Balaban J connectivity index is 1.50. The van der Waals surface area contributed by atoms with Gasteiger partial charge >= 0.3 is 7.60 Å². The third kappa shape index (κ3) is 10.1. The van der Waals surface area contributed by atoms with Crippen LogP contribution in [0.4, 0.5) is 0 Å². The lowest BCUT2D eigenvalue weighted by atomic mass is 10.0. The maximum absolute atomic E-state index is 10.8.